The predicted molar refractivity (Wildman–Crippen MR) is 67.1 cm³/mol. The van der Waals surface area contributed by atoms with Crippen molar-refractivity contribution in [3.05, 3.63) is 28.2 Å². The average Bonchev–Trinajstić information content (AvgIpc) is 2.28. The minimum atomic E-state index is -0.0391. The molecule has 3 nitrogen and oxygen atoms in total. The standard InChI is InChI=1S/C12H13BrN2O/c1-9-5-6-10(13)8-11(9)15(2)12(16)4-3-7-14/h5-6,8H,3-4H2,1-2H3. The zero-order valence-corrected chi connectivity index (χ0v) is 10.9. The number of nitriles is 1. The maximum absolute atomic E-state index is 11.7. The van der Waals surface area contributed by atoms with E-state index >= 15 is 0 Å². The number of aryl methyl sites for hydroxylation is 1. The van der Waals surface area contributed by atoms with Gasteiger partial charge < -0.3 is 4.90 Å². The number of amides is 1. The number of hydrogen-bond donors (Lipinski definition) is 0. The fourth-order valence-corrected chi connectivity index (χ4v) is 1.76. The third kappa shape index (κ3) is 3.07. The highest BCUT2D eigenvalue weighted by Gasteiger charge is 2.12. The number of carbonyl (C=O) groups is 1. The van der Waals surface area contributed by atoms with Gasteiger partial charge in [0, 0.05) is 30.0 Å². The van der Waals surface area contributed by atoms with Gasteiger partial charge in [0.25, 0.3) is 0 Å². The van der Waals surface area contributed by atoms with E-state index in [1.807, 2.05) is 31.2 Å². The number of halogens is 1. The van der Waals surface area contributed by atoms with Crippen molar-refractivity contribution in [2.75, 3.05) is 11.9 Å². The molecular formula is C12H13BrN2O. The summed E-state index contributed by atoms with van der Waals surface area (Å²) in [6.07, 6.45) is 0.523. The van der Waals surface area contributed by atoms with E-state index in [0.29, 0.717) is 0 Å². The van der Waals surface area contributed by atoms with E-state index < -0.39 is 0 Å². The smallest absolute Gasteiger partial charge is 0.227 e. The summed E-state index contributed by atoms with van der Waals surface area (Å²) in [5, 5.41) is 8.44. The van der Waals surface area contributed by atoms with E-state index in [0.717, 1.165) is 15.7 Å². The lowest BCUT2D eigenvalue weighted by Gasteiger charge is -2.19. The maximum Gasteiger partial charge on any atom is 0.227 e. The Balaban J connectivity index is 2.87. The summed E-state index contributed by atoms with van der Waals surface area (Å²) in [7, 11) is 1.73. The Hall–Kier alpha value is -1.34. The highest BCUT2D eigenvalue weighted by Crippen LogP contribution is 2.24. The predicted octanol–water partition coefficient (Wildman–Crippen LogP) is 3.02. The van der Waals surface area contributed by atoms with Crippen LogP contribution in [0, 0.1) is 18.3 Å². The molecule has 0 fully saturated rings. The summed E-state index contributed by atoms with van der Waals surface area (Å²) in [5.41, 5.74) is 1.91. The number of carbonyl (C=O) groups excluding carboxylic acids is 1. The molecule has 84 valence electrons. The summed E-state index contributed by atoms with van der Waals surface area (Å²) < 4.78 is 0.938. The largest absolute Gasteiger partial charge is 0.315 e. The summed E-state index contributed by atoms with van der Waals surface area (Å²) >= 11 is 3.38. The third-order valence-electron chi connectivity index (χ3n) is 2.36. The zero-order valence-electron chi connectivity index (χ0n) is 9.33. The molecule has 0 aromatic heterocycles. The van der Waals surface area contributed by atoms with E-state index in [2.05, 4.69) is 15.9 Å². The molecule has 1 aromatic rings. The highest BCUT2D eigenvalue weighted by molar-refractivity contribution is 9.10. The first-order chi connectivity index (χ1) is 7.56. The van der Waals surface area contributed by atoms with Crippen molar-refractivity contribution in [1.29, 1.82) is 5.26 Å². The molecule has 0 aliphatic carbocycles. The minimum Gasteiger partial charge on any atom is -0.315 e. The van der Waals surface area contributed by atoms with Gasteiger partial charge in [0.05, 0.1) is 6.07 Å². The molecular weight excluding hydrogens is 268 g/mol. The van der Waals surface area contributed by atoms with Crippen LogP contribution < -0.4 is 4.90 Å². The Kier molecular flexibility index (Phi) is 4.51. The molecule has 0 saturated carbocycles. The molecule has 0 heterocycles. The second kappa shape index (κ2) is 5.66. The van der Waals surface area contributed by atoms with E-state index in [4.69, 9.17) is 5.26 Å². The number of rotatable bonds is 3. The Morgan fingerprint density at radius 2 is 2.25 bits per heavy atom. The van der Waals surface area contributed by atoms with E-state index in [-0.39, 0.29) is 18.7 Å². The summed E-state index contributed by atoms with van der Waals surface area (Å²) in [6.45, 7) is 1.95. The van der Waals surface area contributed by atoms with E-state index in [1.165, 1.54) is 0 Å². The van der Waals surface area contributed by atoms with Gasteiger partial charge in [-0.1, -0.05) is 22.0 Å². The van der Waals surface area contributed by atoms with Crippen LogP contribution in [-0.4, -0.2) is 13.0 Å². The van der Waals surface area contributed by atoms with Gasteiger partial charge in [-0.15, -0.1) is 0 Å². The summed E-state index contributed by atoms with van der Waals surface area (Å²) in [5.74, 6) is -0.0391. The van der Waals surface area contributed by atoms with Gasteiger partial charge in [0.2, 0.25) is 5.91 Å². The Labute approximate surface area is 104 Å². The Morgan fingerprint density at radius 1 is 1.56 bits per heavy atom. The van der Waals surface area contributed by atoms with Crippen LogP contribution >= 0.6 is 15.9 Å². The van der Waals surface area contributed by atoms with Crippen LogP contribution in [0.3, 0.4) is 0 Å². The normalized spacial score (nSPS) is 9.62. The SMILES string of the molecule is Cc1ccc(Br)cc1N(C)C(=O)CCC#N. The van der Waals surface area contributed by atoms with Gasteiger partial charge >= 0.3 is 0 Å². The molecule has 4 heteroatoms. The maximum atomic E-state index is 11.7. The van der Waals surface area contributed by atoms with Gasteiger partial charge in [-0.25, -0.2) is 0 Å². The number of anilines is 1. The van der Waals surface area contributed by atoms with Crippen molar-refractivity contribution < 1.29 is 4.79 Å². The van der Waals surface area contributed by atoms with Crippen molar-refractivity contribution in [3.8, 4) is 6.07 Å². The van der Waals surface area contributed by atoms with Crippen LogP contribution in [0.1, 0.15) is 18.4 Å². The third-order valence-corrected chi connectivity index (χ3v) is 2.85. The van der Waals surface area contributed by atoms with Crippen molar-refractivity contribution >= 4 is 27.5 Å². The molecule has 0 radical (unpaired) electrons. The monoisotopic (exact) mass is 280 g/mol. The van der Waals surface area contributed by atoms with Gasteiger partial charge in [-0.3, -0.25) is 4.79 Å². The molecule has 0 aliphatic heterocycles. The first-order valence-corrected chi connectivity index (χ1v) is 5.75. The van der Waals surface area contributed by atoms with Crippen LogP contribution in [0.25, 0.3) is 0 Å². The molecule has 0 bridgehead atoms. The highest BCUT2D eigenvalue weighted by atomic mass is 79.9. The van der Waals surface area contributed by atoms with E-state index in [9.17, 15) is 4.79 Å². The second-order valence-electron chi connectivity index (χ2n) is 3.54. The molecule has 0 atom stereocenters. The van der Waals surface area contributed by atoms with Gasteiger partial charge in [-0.2, -0.15) is 5.26 Å². The molecule has 1 rings (SSSR count). The lowest BCUT2D eigenvalue weighted by molar-refractivity contribution is -0.118. The van der Waals surface area contributed by atoms with Gasteiger partial charge in [0.1, 0.15) is 0 Å². The van der Waals surface area contributed by atoms with Gasteiger partial charge in [-0.05, 0) is 24.6 Å². The number of hydrogen-bond acceptors (Lipinski definition) is 2. The average molecular weight is 281 g/mol. The van der Waals surface area contributed by atoms with Crippen LogP contribution in [0.4, 0.5) is 5.69 Å². The van der Waals surface area contributed by atoms with Crippen LogP contribution in [0.2, 0.25) is 0 Å². The van der Waals surface area contributed by atoms with Crippen molar-refractivity contribution in [2.45, 2.75) is 19.8 Å². The Morgan fingerprint density at radius 3 is 2.88 bits per heavy atom. The molecule has 1 amide bonds. The molecule has 0 N–H and O–H groups in total. The number of nitrogens with zero attached hydrogens (tertiary/aromatic N) is 2. The lowest BCUT2D eigenvalue weighted by Crippen LogP contribution is -2.26. The fourth-order valence-electron chi connectivity index (χ4n) is 1.41. The first kappa shape index (κ1) is 12.7. The quantitative estimate of drug-likeness (QED) is 0.854. The number of benzene rings is 1. The molecule has 0 aliphatic rings. The fraction of sp³-hybridized carbons (Fsp3) is 0.333. The molecule has 16 heavy (non-hydrogen) atoms. The van der Waals surface area contributed by atoms with Crippen molar-refractivity contribution in [3.63, 3.8) is 0 Å². The van der Waals surface area contributed by atoms with Crippen LogP contribution in [0.15, 0.2) is 22.7 Å². The van der Waals surface area contributed by atoms with Crippen molar-refractivity contribution in [1.82, 2.24) is 0 Å². The first-order valence-electron chi connectivity index (χ1n) is 4.96. The van der Waals surface area contributed by atoms with E-state index in [1.54, 1.807) is 11.9 Å². The Bertz CT molecular complexity index is 437. The molecule has 0 saturated heterocycles. The molecule has 1 aromatic carbocycles. The summed E-state index contributed by atoms with van der Waals surface area (Å²) in [4.78, 5) is 13.3. The molecule has 0 spiro atoms. The second-order valence-corrected chi connectivity index (χ2v) is 4.46. The molecule has 0 unspecified atom stereocenters. The minimum absolute atomic E-state index is 0.0391. The van der Waals surface area contributed by atoms with Crippen molar-refractivity contribution in [2.24, 2.45) is 0 Å². The topological polar surface area (TPSA) is 44.1 Å². The lowest BCUT2D eigenvalue weighted by atomic mass is 10.1. The van der Waals surface area contributed by atoms with Crippen LogP contribution in [0.5, 0.6) is 0 Å². The van der Waals surface area contributed by atoms with Crippen LogP contribution in [-0.2, 0) is 4.79 Å². The zero-order chi connectivity index (χ0) is 12.1. The summed E-state index contributed by atoms with van der Waals surface area (Å²) in [6, 6.07) is 7.77. The van der Waals surface area contributed by atoms with Gasteiger partial charge in [0.15, 0.2) is 0 Å².